The van der Waals surface area contributed by atoms with E-state index in [0.29, 0.717) is 22.8 Å². The van der Waals surface area contributed by atoms with E-state index < -0.39 is 12.1 Å². The van der Waals surface area contributed by atoms with Crippen molar-refractivity contribution in [3.05, 3.63) is 17.7 Å². The molecule has 1 saturated carbocycles. The molecule has 0 unspecified atom stereocenters. The van der Waals surface area contributed by atoms with Gasteiger partial charge in [-0.15, -0.1) is 0 Å². The first-order chi connectivity index (χ1) is 10.1. The average Bonchev–Trinajstić information content (AvgIpc) is 3.06. The lowest BCUT2D eigenvalue weighted by Gasteiger charge is -2.27. The summed E-state index contributed by atoms with van der Waals surface area (Å²) in [4.78, 5) is 0. The van der Waals surface area contributed by atoms with Crippen molar-refractivity contribution in [3.8, 4) is 17.2 Å². The normalized spacial score (nSPS) is 18.3. The Labute approximate surface area is 126 Å². The van der Waals surface area contributed by atoms with Gasteiger partial charge in [-0.1, -0.05) is 12.8 Å². The molecule has 1 aliphatic rings. The fraction of sp³-hybridized carbons (Fsp3) is 0.625. The van der Waals surface area contributed by atoms with Gasteiger partial charge in [-0.3, -0.25) is 0 Å². The summed E-state index contributed by atoms with van der Waals surface area (Å²) in [6.45, 7) is 0. The zero-order valence-corrected chi connectivity index (χ0v) is 13.0. The van der Waals surface area contributed by atoms with E-state index >= 15 is 0 Å². The summed E-state index contributed by atoms with van der Waals surface area (Å²) in [6.07, 6.45) is 3.77. The number of nitrogens with two attached hydrogens (primary N) is 1. The average molecular weight is 295 g/mol. The van der Waals surface area contributed by atoms with Gasteiger partial charge in [0, 0.05) is 12.1 Å². The summed E-state index contributed by atoms with van der Waals surface area (Å²) in [5, 5.41) is 10.6. The number of benzene rings is 1. The van der Waals surface area contributed by atoms with Gasteiger partial charge in [0.25, 0.3) is 0 Å². The summed E-state index contributed by atoms with van der Waals surface area (Å²) >= 11 is 0. The van der Waals surface area contributed by atoms with Crippen LogP contribution in [0.1, 0.15) is 37.3 Å². The van der Waals surface area contributed by atoms with Crippen molar-refractivity contribution in [1.29, 1.82) is 0 Å². The minimum atomic E-state index is -0.594. The number of aliphatic hydroxyl groups is 1. The summed E-state index contributed by atoms with van der Waals surface area (Å²) in [7, 11) is 4.74. The van der Waals surface area contributed by atoms with Crippen molar-refractivity contribution in [1.82, 2.24) is 0 Å². The molecule has 0 saturated heterocycles. The number of rotatable bonds is 6. The number of ether oxygens (including phenoxy) is 3. The third-order valence-corrected chi connectivity index (χ3v) is 4.34. The molecule has 21 heavy (non-hydrogen) atoms. The third-order valence-electron chi connectivity index (χ3n) is 4.34. The van der Waals surface area contributed by atoms with E-state index in [0.717, 1.165) is 25.7 Å². The van der Waals surface area contributed by atoms with Gasteiger partial charge in [-0.25, -0.2) is 0 Å². The Morgan fingerprint density at radius 2 is 1.57 bits per heavy atom. The predicted octanol–water partition coefficient (Wildman–Crippen LogP) is 2.26. The van der Waals surface area contributed by atoms with Crippen molar-refractivity contribution in [2.75, 3.05) is 21.3 Å². The fourth-order valence-electron chi connectivity index (χ4n) is 3.12. The molecule has 2 atom stereocenters. The second kappa shape index (κ2) is 7.00. The minimum Gasteiger partial charge on any atom is -0.496 e. The van der Waals surface area contributed by atoms with Gasteiger partial charge in [0.1, 0.15) is 17.2 Å². The van der Waals surface area contributed by atoms with E-state index in [-0.39, 0.29) is 5.92 Å². The first-order valence-electron chi connectivity index (χ1n) is 7.36. The topological polar surface area (TPSA) is 73.9 Å². The molecule has 1 aromatic rings. The van der Waals surface area contributed by atoms with Crippen LogP contribution in [0.3, 0.4) is 0 Å². The highest BCUT2D eigenvalue weighted by atomic mass is 16.5. The van der Waals surface area contributed by atoms with Crippen LogP contribution in [0, 0.1) is 5.92 Å². The maximum atomic E-state index is 10.6. The lowest BCUT2D eigenvalue weighted by Crippen LogP contribution is -2.32. The van der Waals surface area contributed by atoms with Crippen molar-refractivity contribution in [2.45, 2.75) is 37.8 Å². The molecule has 118 valence electrons. The van der Waals surface area contributed by atoms with E-state index in [1.54, 1.807) is 33.5 Å². The highest BCUT2D eigenvalue weighted by Crippen LogP contribution is 2.41. The molecule has 5 nitrogen and oxygen atoms in total. The SMILES string of the molecule is COc1cc(OC)c([C@H](N)[C@H](O)C2CCCC2)c(OC)c1. The Bertz CT molecular complexity index is 446. The Hall–Kier alpha value is -1.46. The second-order valence-corrected chi connectivity index (χ2v) is 5.51. The van der Waals surface area contributed by atoms with E-state index in [9.17, 15) is 5.11 Å². The van der Waals surface area contributed by atoms with Gasteiger partial charge in [0.05, 0.1) is 39.0 Å². The van der Waals surface area contributed by atoms with Gasteiger partial charge >= 0.3 is 0 Å². The lowest BCUT2D eigenvalue weighted by atomic mass is 9.90. The van der Waals surface area contributed by atoms with Crippen molar-refractivity contribution in [3.63, 3.8) is 0 Å². The molecule has 1 fully saturated rings. The van der Waals surface area contributed by atoms with Crippen LogP contribution in [0.5, 0.6) is 17.2 Å². The zero-order valence-electron chi connectivity index (χ0n) is 13.0. The molecule has 0 heterocycles. The largest absolute Gasteiger partial charge is 0.496 e. The summed E-state index contributed by atoms with van der Waals surface area (Å²) in [5.74, 6) is 2.04. The molecule has 1 aliphatic carbocycles. The lowest BCUT2D eigenvalue weighted by molar-refractivity contribution is 0.0826. The van der Waals surface area contributed by atoms with Crippen LogP contribution in [0.15, 0.2) is 12.1 Å². The monoisotopic (exact) mass is 295 g/mol. The molecular formula is C16H25NO4. The molecule has 2 rings (SSSR count). The molecule has 5 heteroatoms. The van der Waals surface area contributed by atoms with Crippen LogP contribution in [0.2, 0.25) is 0 Å². The van der Waals surface area contributed by atoms with E-state index in [4.69, 9.17) is 19.9 Å². The van der Waals surface area contributed by atoms with Gasteiger partial charge in [0.2, 0.25) is 0 Å². The Morgan fingerprint density at radius 3 is 2.00 bits per heavy atom. The van der Waals surface area contributed by atoms with Gasteiger partial charge in [-0.2, -0.15) is 0 Å². The van der Waals surface area contributed by atoms with Crippen LogP contribution in [0.25, 0.3) is 0 Å². The molecule has 0 bridgehead atoms. The standard InChI is InChI=1S/C16H25NO4/c1-19-11-8-12(20-2)14(13(9-11)21-3)15(17)16(18)10-6-4-5-7-10/h8-10,15-16,18H,4-7,17H2,1-3H3/t15-,16+/m0/s1. The van der Waals surface area contributed by atoms with Crippen molar-refractivity contribution < 1.29 is 19.3 Å². The van der Waals surface area contributed by atoms with Crippen LogP contribution in [-0.4, -0.2) is 32.5 Å². The minimum absolute atomic E-state index is 0.247. The van der Waals surface area contributed by atoms with Crippen molar-refractivity contribution >= 4 is 0 Å². The van der Waals surface area contributed by atoms with Gasteiger partial charge in [0.15, 0.2) is 0 Å². The maximum absolute atomic E-state index is 10.6. The molecule has 0 amide bonds. The van der Waals surface area contributed by atoms with Crippen molar-refractivity contribution in [2.24, 2.45) is 11.7 Å². The molecule has 3 N–H and O–H groups in total. The molecule has 0 spiro atoms. The molecule has 0 aromatic heterocycles. The fourth-order valence-corrected chi connectivity index (χ4v) is 3.12. The van der Waals surface area contributed by atoms with Crippen LogP contribution in [0.4, 0.5) is 0 Å². The number of hydrogen-bond acceptors (Lipinski definition) is 5. The number of hydrogen-bond donors (Lipinski definition) is 2. The van der Waals surface area contributed by atoms with Crippen LogP contribution >= 0.6 is 0 Å². The Morgan fingerprint density at radius 1 is 1.05 bits per heavy atom. The molecule has 1 aromatic carbocycles. The second-order valence-electron chi connectivity index (χ2n) is 5.51. The Balaban J connectivity index is 2.35. The predicted molar refractivity (Wildman–Crippen MR) is 81.0 cm³/mol. The molecular weight excluding hydrogens is 270 g/mol. The first-order valence-corrected chi connectivity index (χ1v) is 7.36. The zero-order chi connectivity index (χ0) is 15.4. The van der Waals surface area contributed by atoms with Gasteiger partial charge < -0.3 is 25.1 Å². The van der Waals surface area contributed by atoms with Gasteiger partial charge in [-0.05, 0) is 18.8 Å². The van der Waals surface area contributed by atoms with E-state index in [2.05, 4.69) is 0 Å². The highest BCUT2D eigenvalue weighted by molar-refractivity contribution is 5.52. The Kier molecular flexibility index (Phi) is 5.31. The summed E-state index contributed by atoms with van der Waals surface area (Å²) < 4.78 is 16.1. The number of aliphatic hydroxyl groups excluding tert-OH is 1. The molecule has 0 aliphatic heterocycles. The molecule has 0 radical (unpaired) electrons. The first kappa shape index (κ1) is 15.9. The highest BCUT2D eigenvalue weighted by Gasteiger charge is 2.32. The third kappa shape index (κ3) is 3.24. The van der Waals surface area contributed by atoms with Crippen LogP contribution in [-0.2, 0) is 0 Å². The number of methoxy groups -OCH3 is 3. The van der Waals surface area contributed by atoms with Crippen LogP contribution < -0.4 is 19.9 Å². The maximum Gasteiger partial charge on any atom is 0.131 e. The summed E-state index contributed by atoms with van der Waals surface area (Å²) in [6, 6.07) is 2.99. The smallest absolute Gasteiger partial charge is 0.131 e. The van der Waals surface area contributed by atoms with E-state index in [1.807, 2.05) is 0 Å². The quantitative estimate of drug-likeness (QED) is 0.842. The summed E-state index contributed by atoms with van der Waals surface area (Å²) in [5.41, 5.74) is 7.01. The van der Waals surface area contributed by atoms with E-state index in [1.165, 1.54) is 0 Å².